The molecule has 0 spiro atoms. The summed E-state index contributed by atoms with van der Waals surface area (Å²) in [5, 5.41) is 4.92. The van der Waals surface area contributed by atoms with E-state index >= 15 is 0 Å². The van der Waals surface area contributed by atoms with Gasteiger partial charge in [0.25, 0.3) is 5.91 Å². The van der Waals surface area contributed by atoms with Gasteiger partial charge in [-0.25, -0.2) is 4.39 Å². The molecule has 6 heteroatoms. The van der Waals surface area contributed by atoms with Crippen LogP contribution >= 0.6 is 11.6 Å². The van der Waals surface area contributed by atoms with E-state index in [0.717, 1.165) is 6.07 Å². The van der Waals surface area contributed by atoms with E-state index in [1.165, 1.54) is 12.1 Å². The minimum atomic E-state index is -0.563. The van der Waals surface area contributed by atoms with Crippen molar-refractivity contribution in [2.24, 2.45) is 0 Å². The highest BCUT2D eigenvalue weighted by atomic mass is 35.5. The molecule has 0 aromatic heterocycles. The fourth-order valence-electron chi connectivity index (χ4n) is 1.63. The highest BCUT2D eigenvalue weighted by molar-refractivity contribution is 6.31. The summed E-state index contributed by atoms with van der Waals surface area (Å²) in [6, 6.07) is 12.4. The monoisotopic (exact) mass is 306 g/mol. The van der Waals surface area contributed by atoms with Crippen LogP contribution in [0.3, 0.4) is 0 Å². The lowest BCUT2D eigenvalue weighted by atomic mass is 10.2. The highest BCUT2D eigenvalue weighted by Gasteiger charge is 2.08. The van der Waals surface area contributed by atoms with Gasteiger partial charge in [-0.1, -0.05) is 29.8 Å². The zero-order valence-corrected chi connectivity index (χ0v) is 11.7. The van der Waals surface area contributed by atoms with Gasteiger partial charge >= 0.3 is 0 Å². The van der Waals surface area contributed by atoms with Gasteiger partial charge in [0.15, 0.2) is 0 Å². The van der Waals surface area contributed by atoms with Gasteiger partial charge in [0, 0.05) is 11.3 Å². The van der Waals surface area contributed by atoms with Gasteiger partial charge in [-0.3, -0.25) is 9.59 Å². The van der Waals surface area contributed by atoms with E-state index in [-0.39, 0.29) is 17.5 Å². The second-order valence-corrected chi connectivity index (χ2v) is 4.63. The Hall–Kier alpha value is -2.40. The molecule has 0 unspecified atom stereocenters. The number of hydrogen-bond donors (Lipinski definition) is 2. The van der Waals surface area contributed by atoms with Crippen molar-refractivity contribution < 1.29 is 14.0 Å². The van der Waals surface area contributed by atoms with Crippen LogP contribution in [-0.4, -0.2) is 18.4 Å². The largest absolute Gasteiger partial charge is 0.343 e. The first-order valence-electron chi connectivity index (χ1n) is 6.14. The zero-order valence-electron chi connectivity index (χ0n) is 10.9. The van der Waals surface area contributed by atoms with E-state index in [1.807, 2.05) is 0 Å². The van der Waals surface area contributed by atoms with Crippen molar-refractivity contribution >= 4 is 29.1 Å². The van der Waals surface area contributed by atoms with Gasteiger partial charge in [-0.05, 0) is 30.3 Å². The number of halogens is 2. The van der Waals surface area contributed by atoms with Crippen molar-refractivity contribution in [3.05, 3.63) is 64.9 Å². The Morgan fingerprint density at radius 2 is 1.81 bits per heavy atom. The number of carbonyl (C=O) groups is 2. The molecule has 0 aliphatic carbocycles. The second-order valence-electron chi connectivity index (χ2n) is 4.23. The minimum Gasteiger partial charge on any atom is -0.343 e. The van der Waals surface area contributed by atoms with Gasteiger partial charge in [0.1, 0.15) is 5.82 Å². The van der Waals surface area contributed by atoms with Crippen LogP contribution in [0, 0.1) is 5.82 Å². The lowest BCUT2D eigenvalue weighted by molar-refractivity contribution is -0.115. The molecular formula is C15H12ClFN2O2. The third-order valence-corrected chi connectivity index (χ3v) is 2.94. The van der Waals surface area contributed by atoms with E-state index in [1.54, 1.807) is 30.3 Å². The molecule has 21 heavy (non-hydrogen) atoms. The van der Waals surface area contributed by atoms with Gasteiger partial charge in [-0.15, -0.1) is 0 Å². The average molecular weight is 307 g/mol. The first-order chi connectivity index (χ1) is 10.1. The fourth-order valence-corrected chi connectivity index (χ4v) is 1.81. The average Bonchev–Trinajstić information content (AvgIpc) is 2.49. The Balaban J connectivity index is 1.87. The molecular weight excluding hydrogens is 295 g/mol. The topological polar surface area (TPSA) is 58.2 Å². The van der Waals surface area contributed by atoms with Crippen LogP contribution in [0.2, 0.25) is 5.02 Å². The lowest BCUT2D eigenvalue weighted by Crippen LogP contribution is -2.32. The highest BCUT2D eigenvalue weighted by Crippen LogP contribution is 2.19. The summed E-state index contributed by atoms with van der Waals surface area (Å²) in [6.07, 6.45) is 0. The number of rotatable bonds is 4. The molecule has 0 saturated carbocycles. The maximum atomic E-state index is 13.0. The van der Waals surface area contributed by atoms with Crippen molar-refractivity contribution in [1.29, 1.82) is 0 Å². The van der Waals surface area contributed by atoms with Gasteiger partial charge in [-0.2, -0.15) is 0 Å². The number of hydrogen-bond acceptors (Lipinski definition) is 2. The first-order valence-corrected chi connectivity index (χ1v) is 6.52. The molecule has 0 fully saturated rings. The van der Waals surface area contributed by atoms with Crippen molar-refractivity contribution in [3.8, 4) is 0 Å². The zero-order chi connectivity index (χ0) is 15.2. The summed E-state index contributed by atoms with van der Waals surface area (Å²) in [4.78, 5) is 23.4. The first kappa shape index (κ1) is 15.0. The normalized spacial score (nSPS) is 10.0. The van der Waals surface area contributed by atoms with E-state index in [2.05, 4.69) is 10.6 Å². The lowest BCUT2D eigenvalue weighted by Gasteiger charge is -2.07. The molecule has 2 aromatic rings. The van der Waals surface area contributed by atoms with Crippen LogP contribution in [0.25, 0.3) is 0 Å². The van der Waals surface area contributed by atoms with Crippen LogP contribution in [0.4, 0.5) is 10.1 Å². The molecule has 0 saturated heterocycles. The molecule has 0 atom stereocenters. The van der Waals surface area contributed by atoms with Crippen LogP contribution in [0.5, 0.6) is 0 Å². The van der Waals surface area contributed by atoms with Gasteiger partial charge < -0.3 is 10.6 Å². The molecule has 0 radical (unpaired) electrons. The van der Waals surface area contributed by atoms with E-state index < -0.39 is 11.7 Å². The summed E-state index contributed by atoms with van der Waals surface area (Å²) in [6.45, 7) is -0.192. The fraction of sp³-hybridized carbons (Fsp3) is 0.0667. The summed E-state index contributed by atoms with van der Waals surface area (Å²) >= 11 is 5.61. The molecule has 4 nitrogen and oxygen atoms in total. The SMILES string of the molecule is O=C(CNC(=O)c1ccccc1)Nc1ccc(F)c(Cl)c1. The number of carbonyl (C=O) groups excluding carboxylic acids is 2. The quantitative estimate of drug-likeness (QED) is 0.912. The Labute approximate surface area is 125 Å². The van der Waals surface area contributed by atoms with Crippen LogP contribution < -0.4 is 10.6 Å². The van der Waals surface area contributed by atoms with E-state index in [4.69, 9.17) is 11.6 Å². The van der Waals surface area contributed by atoms with E-state index in [9.17, 15) is 14.0 Å². The van der Waals surface area contributed by atoms with Crippen LogP contribution in [-0.2, 0) is 4.79 Å². The number of anilines is 1. The molecule has 0 bridgehead atoms. The Morgan fingerprint density at radius 3 is 2.48 bits per heavy atom. The molecule has 0 aliphatic rings. The van der Waals surface area contributed by atoms with Gasteiger partial charge in [0.05, 0.1) is 11.6 Å². The third-order valence-electron chi connectivity index (χ3n) is 2.65. The summed E-state index contributed by atoms with van der Waals surface area (Å²) in [5.74, 6) is -1.34. The molecule has 2 rings (SSSR count). The molecule has 2 amide bonds. The summed E-state index contributed by atoms with van der Waals surface area (Å²) in [5.41, 5.74) is 0.829. The van der Waals surface area contributed by atoms with Gasteiger partial charge in [0.2, 0.25) is 5.91 Å². The number of benzene rings is 2. The molecule has 0 heterocycles. The molecule has 0 aliphatic heterocycles. The maximum Gasteiger partial charge on any atom is 0.251 e. The number of amides is 2. The van der Waals surface area contributed by atoms with Crippen molar-refractivity contribution in [2.75, 3.05) is 11.9 Å². The van der Waals surface area contributed by atoms with Crippen LogP contribution in [0.15, 0.2) is 48.5 Å². The minimum absolute atomic E-state index is 0.0823. The summed E-state index contributed by atoms with van der Waals surface area (Å²) < 4.78 is 13.0. The van der Waals surface area contributed by atoms with Crippen LogP contribution in [0.1, 0.15) is 10.4 Å². The Morgan fingerprint density at radius 1 is 1.10 bits per heavy atom. The number of nitrogens with one attached hydrogen (secondary N) is 2. The second kappa shape index (κ2) is 6.85. The Kier molecular flexibility index (Phi) is 4.90. The predicted molar refractivity (Wildman–Crippen MR) is 78.8 cm³/mol. The Bertz CT molecular complexity index is 662. The van der Waals surface area contributed by atoms with Crippen molar-refractivity contribution in [1.82, 2.24) is 5.32 Å². The van der Waals surface area contributed by atoms with E-state index in [0.29, 0.717) is 11.3 Å². The molecule has 2 aromatic carbocycles. The standard InChI is InChI=1S/C15H12ClFN2O2/c16-12-8-11(6-7-13(12)17)19-14(20)9-18-15(21)10-4-2-1-3-5-10/h1-8H,9H2,(H,18,21)(H,19,20). The summed E-state index contributed by atoms with van der Waals surface area (Å²) in [7, 11) is 0. The maximum absolute atomic E-state index is 13.0. The molecule has 2 N–H and O–H groups in total. The van der Waals surface area contributed by atoms with Crippen molar-refractivity contribution in [3.63, 3.8) is 0 Å². The van der Waals surface area contributed by atoms with Crippen molar-refractivity contribution in [2.45, 2.75) is 0 Å². The third kappa shape index (κ3) is 4.29. The smallest absolute Gasteiger partial charge is 0.251 e. The molecule has 108 valence electrons. The predicted octanol–water partition coefficient (Wildman–Crippen LogP) is 2.85.